The molecule has 0 N–H and O–H groups in total. The number of benzene rings is 1. The van der Waals surface area contributed by atoms with Crippen molar-refractivity contribution in [1.82, 2.24) is 0 Å². The van der Waals surface area contributed by atoms with Crippen molar-refractivity contribution in [1.29, 1.82) is 0 Å². The number of hydrogen-bond donors (Lipinski definition) is 0. The van der Waals surface area contributed by atoms with Gasteiger partial charge in [0.25, 0.3) is 0 Å². The predicted molar refractivity (Wildman–Crippen MR) is 54.3 cm³/mol. The third-order valence-electron chi connectivity index (χ3n) is 2.06. The molecule has 14 heavy (non-hydrogen) atoms. The van der Waals surface area contributed by atoms with Gasteiger partial charge in [-0.05, 0) is 18.6 Å². The monoisotopic (exact) mass is 212 g/mol. The van der Waals surface area contributed by atoms with Crippen molar-refractivity contribution in [3.63, 3.8) is 0 Å². The standard InChI is InChI=1S/C10H12O3S/c1-3-14(12,13)10-6-9(7-11)5-4-8(10)2/h4-7H,3H2,1-2H3. The first-order valence-electron chi connectivity index (χ1n) is 4.30. The van der Waals surface area contributed by atoms with Crippen molar-refractivity contribution in [3.8, 4) is 0 Å². The van der Waals surface area contributed by atoms with Gasteiger partial charge in [-0.3, -0.25) is 4.79 Å². The van der Waals surface area contributed by atoms with Crippen molar-refractivity contribution < 1.29 is 13.2 Å². The summed E-state index contributed by atoms with van der Waals surface area (Å²) >= 11 is 0. The molecule has 0 unspecified atom stereocenters. The fourth-order valence-corrected chi connectivity index (χ4v) is 2.37. The second-order valence-electron chi connectivity index (χ2n) is 3.05. The zero-order chi connectivity index (χ0) is 10.8. The van der Waals surface area contributed by atoms with E-state index in [9.17, 15) is 13.2 Å². The summed E-state index contributed by atoms with van der Waals surface area (Å²) < 4.78 is 23.1. The van der Waals surface area contributed by atoms with Crippen LogP contribution in [0.25, 0.3) is 0 Å². The molecular weight excluding hydrogens is 200 g/mol. The molecule has 0 spiro atoms. The Morgan fingerprint density at radius 2 is 2.00 bits per heavy atom. The minimum Gasteiger partial charge on any atom is -0.298 e. The van der Waals surface area contributed by atoms with Crippen LogP contribution in [0.1, 0.15) is 22.8 Å². The summed E-state index contributed by atoms with van der Waals surface area (Å²) in [5, 5.41) is 0. The van der Waals surface area contributed by atoms with Crippen LogP contribution < -0.4 is 0 Å². The molecule has 1 aromatic carbocycles. The highest BCUT2D eigenvalue weighted by molar-refractivity contribution is 7.91. The number of carbonyl (C=O) groups excluding carboxylic acids is 1. The SMILES string of the molecule is CCS(=O)(=O)c1cc(C=O)ccc1C. The van der Waals surface area contributed by atoms with E-state index in [2.05, 4.69) is 0 Å². The van der Waals surface area contributed by atoms with E-state index in [0.29, 0.717) is 17.4 Å². The lowest BCUT2D eigenvalue weighted by Gasteiger charge is -2.05. The molecule has 0 radical (unpaired) electrons. The lowest BCUT2D eigenvalue weighted by atomic mass is 10.2. The molecule has 0 atom stereocenters. The molecule has 0 aromatic heterocycles. The van der Waals surface area contributed by atoms with Crippen LogP contribution in [0.5, 0.6) is 0 Å². The summed E-state index contributed by atoms with van der Waals surface area (Å²) in [6, 6.07) is 4.67. The highest BCUT2D eigenvalue weighted by atomic mass is 32.2. The van der Waals surface area contributed by atoms with E-state index in [1.54, 1.807) is 26.0 Å². The van der Waals surface area contributed by atoms with E-state index in [-0.39, 0.29) is 10.6 Å². The highest BCUT2D eigenvalue weighted by Crippen LogP contribution is 2.17. The summed E-state index contributed by atoms with van der Waals surface area (Å²) in [5.74, 6) is 0.0517. The average molecular weight is 212 g/mol. The molecule has 0 aliphatic carbocycles. The molecule has 0 amide bonds. The van der Waals surface area contributed by atoms with Gasteiger partial charge in [0.15, 0.2) is 9.84 Å². The van der Waals surface area contributed by atoms with Crippen molar-refractivity contribution in [2.24, 2.45) is 0 Å². The summed E-state index contributed by atoms with van der Waals surface area (Å²) in [5.41, 5.74) is 1.07. The Labute approximate surface area is 83.7 Å². The van der Waals surface area contributed by atoms with Crippen LogP contribution in [0.15, 0.2) is 23.1 Å². The molecular formula is C10H12O3S. The predicted octanol–water partition coefficient (Wildman–Crippen LogP) is 1.60. The fourth-order valence-electron chi connectivity index (χ4n) is 1.18. The van der Waals surface area contributed by atoms with Crippen LogP contribution in [-0.4, -0.2) is 20.5 Å². The summed E-state index contributed by atoms with van der Waals surface area (Å²) in [4.78, 5) is 10.7. The first kappa shape index (κ1) is 10.9. The number of hydrogen-bond acceptors (Lipinski definition) is 3. The maximum absolute atomic E-state index is 11.6. The smallest absolute Gasteiger partial charge is 0.178 e. The molecule has 0 saturated carbocycles. The molecule has 4 heteroatoms. The first-order valence-corrected chi connectivity index (χ1v) is 5.95. The summed E-state index contributed by atoms with van der Waals surface area (Å²) in [6.07, 6.45) is 0.647. The highest BCUT2D eigenvalue weighted by Gasteiger charge is 2.14. The van der Waals surface area contributed by atoms with Crippen LogP contribution in [-0.2, 0) is 9.84 Å². The van der Waals surface area contributed by atoms with Gasteiger partial charge in [0.05, 0.1) is 10.6 Å². The molecule has 3 nitrogen and oxygen atoms in total. The van der Waals surface area contributed by atoms with Gasteiger partial charge in [0, 0.05) is 5.56 Å². The Hall–Kier alpha value is -1.16. The average Bonchev–Trinajstić information content (AvgIpc) is 2.18. The van der Waals surface area contributed by atoms with Gasteiger partial charge < -0.3 is 0 Å². The number of carbonyl (C=O) groups is 1. The zero-order valence-electron chi connectivity index (χ0n) is 8.15. The maximum atomic E-state index is 11.6. The van der Waals surface area contributed by atoms with Crippen LogP contribution >= 0.6 is 0 Å². The Kier molecular flexibility index (Phi) is 3.06. The van der Waals surface area contributed by atoms with E-state index in [4.69, 9.17) is 0 Å². The van der Waals surface area contributed by atoms with Crippen LogP contribution in [0.3, 0.4) is 0 Å². The Morgan fingerprint density at radius 3 is 2.50 bits per heavy atom. The third-order valence-corrected chi connectivity index (χ3v) is 3.93. The molecule has 0 aliphatic heterocycles. The van der Waals surface area contributed by atoms with Gasteiger partial charge in [0.1, 0.15) is 6.29 Å². The second-order valence-corrected chi connectivity index (χ2v) is 5.29. The molecule has 0 aliphatic rings. The molecule has 76 valence electrons. The Balaban J connectivity index is 3.40. The van der Waals surface area contributed by atoms with Crippen LogP contribution in [0, 0.1) is 6.92 Å². The van der Waals surface area contributed by atoms with E-state index >= 15 is 0 Å². The number of aryl methyl sites for hydroxylation is 1. The minimum atomic E-state index is -3.22. The van der Waals surface area contributed by atoms with Gasteiger partial charge in [-0.15, -0.1) is 0 Å². The van der Waals surface area contributed by atoms with Gasteiger partial charge in [0.2, 0.25) is 0 Å². The summed E-state index contributed by atoms with van der Waals surface area (Å²) in [7, 11) is -3.22. The normalized spacial score (nSPS) is 11.3. The van der Waals surface area contributed by atoms with Gasteiger partial charge in [-0.1, -0.05) is 19.1 Å². The first-order chi connectivity index (χ1) is 6.51. The van der Waals surface area contributed by atoms with Crippen molar-refractivity contribution in [2.75, 3.05) is 5.75 Å². The molecule has 0 fully saturated rings. The summed E-state index contributed by atoms with van der Waals surface area (Å²) in [6.45, 7) is 3.31. The number of rotatable bonds is 3. The van der Waals surface area contributed by atoms with E-state index in [0.717, 1.165) is 0 Å². The quantitative estimate of drug-likeness (QED) is 0.715. The van der Waals surface area contributed by atoms with E-state index in [1.807, 2.05) is 0 Å². The fraction of sp³-hybridized carbons (Fsp3) is 0.300. The van der Waals surface area contributed by atoms with Gasteiger partial charge >= 0.3 is 0 Å². The molecule has 0 bridgehead atoms. The van der Waals surface area contributed by atoms with Crippen LogP contribution in [0.2, 0.25) is 0 Å². The topological polar surface area (TPSA) is 51.2 Å². The number of sulfone groups is 1. The molecule has 1 rings (SSSR count). The zero-order valence-corrected chi connectivity index (χ0v) is 8.97. The Morgan fingerprint density at radius 1 is 1.36 bits per heavy atom. The van der Waals surface area contributed by atoms with Crippen LogP contribution in [0.4, 0.5) is 0 Å². The van der Waals surface area contributed by atoms with E-state index in [1.165, 1.54) is 6.07 Å². The van der Waals surface area contributed by atoms with Gasteiger partial charge in [-0.25, -0.2) is 8.42 Å². The minimum absolute atomic E-state index is 0.0517. The van der Waals surface area contributed by atoms with Crippen molar-refractivity contribution >= 4 is 16.1 Å². The lowest BCUT2D eigenvalue weighted by Crippen LogP contribution is -2.06. The maximum Gasteiger partial charge on any atom is 0.178 e. The lowest BCUT2D eigenvalue weighted by molar-refractivity contribution is 0.112. The van der Waals surface area contributed by atoms with Crippen molar-refractivity contribution in [3.05, 3.63) is 29.3 Å². The largest absolute Gasteiger partial charge is 0.298 e. The molecule has 1 aromatic rings. The molecule has 0 saturated heterocycles. The van der Waals surface area contributed by atoms with Gasteiger partial charge in [-0.2, -0.15) is 0 Å². The Bertz CT molecular complexity index is 446. The third kappa shape index (κ3) is 2.01. The number of aldehydes is 1. The second kappa shape index (κ2) is 3.92. The molecule has 0 heterocycles. The van der Waals surface area contributed by atoms with E-state index < -0.39 is 9.84 Å². The van der Waals surface area contributed by atoms with Crippen molar-refractivity contribution in [2.45, 2.75) is 18.7 Å².